The minimum absolute atomic E-state index is 0.0831. The van der Waals surface area contributed by atoms with Crippen LogP contribution in [-0.2, 0) is 6.42 Å². The second-order valence-corrected chi connectivity index (χ2v) is 7.62. The van der Waals surface area contributed by atoms with E-state index in [1.807, 2.05) is 67.6 Å². The number of benzene rings is 3. The number of rotatable bonds is 6. The zero-order valence-electron chi connectivity index (χ0n) is 17.4. The Balaban J connectivity index is 1.65. The van der Waals surface area contributed by atoms with E-state index in [-0.39, 0.29) is 11.9 Å². The minimum atomic E-state index is -0.0871. The van der Waals surface area contributed by atoms with Crippen LogP contribution in [0.4, 0.5) is 0 Å². The lowest BCUT2D eigenvalue weighted by Crippen LogP contribution is -2.27. The molecule has 1 amide bonds. The highest BCUT2D eigenvalue weighted by Gasteiger charge is 2.16. The summed E-state index contributed by atoms with van der Waals surface area (Å²) in [6.45, 7) is 4.20. The number of para-hydroxylation sites is 1. The van der Waals surface area contributed by atoms with Gasteiger partial charge in [-0.25, -0.2) is 4.98 Å². The summed E-state index contributed by atoms with van der Waals surface area (Å²) in [5, 5.41) is 4.03. The second kappa shape index (κ2) is 8.91. The summed E-state index contributed by atoms with van der Waals surface area (Å²) >= 11 is 0. The topological polar surface area (TPSA) is 42.0 Å². The van der Waals surface area contributed by atoms with Crippen molar-refractivity contribution in [3.05, 3.63) is 102 Å². The van der Waals surface area contributed by atoms with Gasteiger partial charge in [0.15, 0.2) is 0 Å². The molecule has 1 atom stereocenters. The van der Waals surface area contributed by atoms with Gasteiger partial charge in [0.25, 0.3) is 5.91 Å². The van der Waals surface area contributed by atoms with Crippen LogP contribution >= 0.6 is 0 Å². The first kappa shape index (κ1) is 19.8. The highest BCUT2D eigenvalue weighted by Crippen LogP contribution is 2.25. The van der Waals surface area contributed by atoms with E-state index < -0.39 is 0 Å². The molecule has 0 radical (unpaired) electrons. The Morgan fingerprint density at radius 1 is 0.933 bits per heavy atom. The Labute approximate surface area is 177 Å². The van der Waals surface area contributed by atoms with Crippen LogP contribution in [0.25, 0.3) is 22.2 Å². The van der Waals surface area contributed by atoms with Gasteiger partial charge in [0.1, 0.15) is 0 Å². The van der Waals surface area contributed by atoms with Gasteiger partial charge in [-0.1, -0.05) is 86.1 Å². The van der Waals surface area contributed by atoms with E-state index in [0.29, 0.717) is 5.56 Å². The maximum absolute atomic E-state index is 13.3. The molecule has 0 saturated carbocycles. The Morgan fingerprint density at radius 3 is 2.37 bits per heavy atom. The van der Waals surface area contributed by atoms with Crippen LogP contribution in [0, 0.1) is 0 Å². The van der Waals surface area contributed by atoms with Gasteiger partial charge in [0, 0.05) is 10.9 Å². The molecule has 3 aromatic carbocycles. The van der Waals surface area contributed by atoms with Crippen molar-refractivity contribution in [2.24, 2.45) is 0 Å². The number of nitrogens with zero attached hydrogens (tertiary/aromatic N) is 1. The molecule has 0 aliphatic carbocycles. The van der Waals surface area contributed by atoms with Crippen LogP contribution in [-0.4, -0.2) is 10.9 Å². The molecule has 0 aliphatic heterocycles. The number of pyridine rings is 1. The first-order valence-electron chi connectivity index (χ1n) is 10.5. The van der Waals surface area contributed by atoms with Crippen molar-refractivity contribution in [1.29, 1.82) is 0 Å². The lowest BCUT2D eigenvalue weighted by Gasteiger charge is -2.16. The fourth-order valence-corrected chi connectivity index (χ4v) is 3.74. The van der Waals surface area contributed by atoms with Gasteiger partial charge in [-0.3, -0.25) is 4.79 Å². The molecule has 0 saturated heterocycles. The molecule has 0 aliphatic rings. The standard InChI is InChI=1S/C27H26N2O/c1-3-9-20-14-16-21(17-15-20)19(2)28-27(30)24-18-26(22-10-5-4-6-11-22)29-25-13-8-7-12-23(24)25/h4-8,10-19H,3,9H2,1-2H3,(H,28,30). The summed E-state index contributed by atoms with van der Waals surface area (Å²) in [4.78, 5) is 18.0. The quantitative estimate of drug-likeness (QED) is 0.414. The van der Waals surface area contributed by atoms with Crippen molar-refractivity contribution >= 4 is 16.8 Å². The van der Waals surface area contributed by atoms with Gasteiger partial charge in [0.05, 0.1) is 22.8 Å². The van der Waals surface area contributed by atoms with Crippen molar-refractivity contribution in [2.45, 2.75) is 32.7 Å². The lowest BCUT2D eigenvalue weighted by atomic mass is 10.0. The third-order valence-electron chi connectivity index (χ3n) is 5.40. The van der Waals surface area contributed by atoms with Gasteiger partial charge in [-0.2, -0.15) is 0 Å². The van der Waals surface area contributed by atoms with Gasteiger partial charge in [-0.15, -0.1) is 0 Å². The van der Waals surface area contributed by atoms with Crippen LogP contribution in [0.5, 0.6) is 0 Å². The number of hydrogen-bond acceptors (Lipinski definition) is 2. The Kier molecular flexibility index (Phi) is 5.89. The number of amides is 1. The Bertz CT molecular complexity index is 1150. The smallest absolute Gasteiger partial charge is 0.252 e. The third kappa shape index (κ3) is 4.25. The average molecular weight is 395 g/mol. The second-order valence-electron chi connectivity index (χ2n) is 7.62. The molecule has 1 unspecified atom stereocenters. The minimum Gasteiger partial charge on any atom is -0.345 e. The number of carbonyl (C=O) groups excluding carboxylic acids is 1. The van der Waals surface area contributed by atoms with Crippen LogP contribution in [0.2, 0.25) is 0 Å². The Hall–Kier alpha value is -3.46. The summed E-state index contributed by atoms with van der Waals surface area (Å²) < 4.78 is 0. The van der Waals surface area contributed by atoms with Crippen LogP contribution in [0.15, 0.2) is 84.9 Å². The molecule has 1 aromatic heterocycles. The van der Waals surface area contributed by atoms with E-state index in [0.717, 1.165) is 40.6 Å². The predicted molar refractivity (Wildman–Crippen MR) is 123 cm³/mol. The monoisotopic (exact) mass is 394 g/mol. The van der Waals surface area contributed by atoms with E-state index in [4.69, 9.17) is 4.98 Å². The zero-order valence-corrected chi connectivity index (χ0v) is 17.4. The molecule has 4 aromatic rings. The molecule has 1 N–H and O–H groups in total. The molecular formula is C27H26N2O. The first-order chi connectivity index (χ1) is 14.7. The molecule has 3 nitrogen and oxygen atoms in total. The van der Waals surface area contributed by atoms with Gasteiger partial charge >= 0.3 is 0 Å². The van der Waals surface area contributed by atoms with Crippen LogP contribution in [0.1, 0.15) is 47.8 Å². The Morgan fingerprint density at radius 2 is 1.63 bits per heavy atom. The summed E-state index contributed by atoms with van der Waals surface area (Å²) in [6, 6.07) is 28.1. The van der Waals surface area contributed by atoms with Crippen molar-refractivity contribution in [3.8, 4) is 11.3 Å². The van der Waals surface area contributed by atoms with Crippen molar-refractivity contribution in [2.75, 3.05) is 0 Å². The third-order valence-corrected chi connectivity index (χ3v) is 5.40. The van der Waals surface area contributed by atoms with Crippen molar-refractivity contribution in [1.82, 2.24) is 10.3 Å². The molecule has 4 rings (SSSR count). The fraction of sp³-hybridized carbons (Fsp3) is 0.185. The number of nitrogens with one attached hydrogen (secondary N) is 1. The molecule has 1 heterocycles. The first-order valence-corrected chi connectivity index (χ1v) is 10.5. The number of aryl methyl sites for hydroxylation is 1. The van der Waals surface area contributed by atoms with E-state index in [9.17, 15) is 4.79 Å². The molecule has 0 spiro atoms. The molecule has 3 heteroatoms. The van der Waals surface area contributed by atoms with E-state index >= 15 is 0 Å². The van der Waals surface area contributed by atoms with Crippen LogP contribution in [0.3, 0.4) is 0 Å². The van der Waals surface area contributed by atoms with Gasteiger partial charge in [0.2, 0.25) is 0 Å². The van der Waals surface area contributed by atoms with E-state index in [1.165, 1.54) is 5.56 Å². The largest absolute Gasteiger partial charge is 0.345 e. The highest BCUT2D eigenvalue weighted by molar-refractivity contribution is 6.07. The van der Waals surface area contributed by atoms with Crippen LogP contribution < -0.4 is 5.32 Å². The molecular weight excluding hydrogens is 368 g/mol. The summed E-state index contributed by atoms with van der Waals surface area (Å²) in [7, 11) is 0. The van der Waals surface area contributed by atoms with E-state index in [1.54, 1.807) is 0 Å². The molecule has 0 bridgehead atoms. The van der Waals surface area contributed by atoms with Gasteiger partial charge < -0.3 is 5.32 Å². The molecule has 30 heavy (non-hydrogen) atoms. The summed E-state index contributed by atoms with van der Waals surface area (Å²) in [6.07, 6.45) is 2.21. The number of carbonyl (C=O) groups is 1. The normalized spacial score (nSPS) is 11.9. The summed E-state index contributed by atoms with van der Waals surface area (Å²) in [5.41, 5.74) is 5.69. The highest BCUT2D eigenvalue weighted by atomic mass is 16.1. The van der Waals surface area contributed by atoms with Gasteiger partial charge in [-0.05, 0) is 36.6 Å². The lowest BCUT2D eigenvalue weighted by molar-refractivity contribution is 0.0941. The number of aromatic nitrogens is 1. The number of fused-ring (bicyclic) bond motifs is 1. The van der Waals surface area contributed by atoms with E-state index in [2.05, 4.69) is 36.5 Å². The molecule has 150 valence electrons. The number of hydrogen-bond donors (Lipinski definition) is 1. The molecule has 0 fully saturated rings. The van der Waals surface area contributed by atoms with Crippen molar-refractivity contribution < 1.29 is 4.79 Å². The SMILES string of the molecule is CCCc1ccc(C(C)NC(=O)c2cc(-c3ccccc3)nc3ccccc23)cc1. The average Bonchev–Trinajstić information content (AvgIpc) is 2.79. The fourth-order valence-electron chi connectivity index (χ4n) is 3.74. The summed E-state index contributed by atoms with van der Waals surface area (Å²) in [5.74, 6) is -0.0871. The van der Waals surface area contributed by atoms with Crippen molar-refractivity contribution in [3.63, 3.8) is 0 Å². The predicted octanol–water partition coefficient (Wildman–Crippen LogP) is 6.35. The maximum atomic E-state index is 13.3. The maximum Gasteiger partial charge on any atom is 0.252 e. The zero-order chi connectivity index (χ0) is 20.9.